The molecule has 0 amide bonds. The van der Waals surface area contributed by atoms with Crippen LogP contribution in [0.3, 0.4) is 0 Å². The van der Waals surface area contributed by atoms with Crippen molar-refractivity contribution in [1.29, 1.82) is 0 Å². The largest absolute Gasteiger partial charge is 0.424 e. The lowest BCUT2D eigenvalue weighted by atomic mass is 10.4. The Morgan fingerprint density at radius 2 is 2.25 bits per heavy atom. The molecule has 1 fully saturated rings. The Balaban J connectivity index is 2.00. The third-order valence-corrected chi connectivity index (χ3v) is 6.31. The van der Waals surface area contributed by atoms with Gasteiger partial charge in [0.15, 0.2) is 9.76 Å². The highest BCUT2D eigenvalue weighted by molar-refractivity contribution is 6.52. The predicted octanol–water partition coefficient (Wildman–Crippen LogP) is -0.157. The second kappa shape index (κ2) is 4.29. The van der Waals surface area contributed by atoms with Gasteiger partial charge in [0.1, 0.15) is 0 Å². The highest BCUT2D eigenvalue weighted by atomic mass is 28.3. The molecule has 0 aliphatic carbocycles. The van der Waals surface area contributed by atoms with Crippen LogP contribution in [0.2, 0.25) is 11.7 Å². The Kier molecular flexibility index (Phi) is 3.49. The summed E-state index contributed by atoms with van der Waals surface area (Å²) in [5.74, 6) is 0. The molecule has 1 rings (SSSR count). The lowest BCUT2D eigenvalue weighted by Crippen LogP contribution is -2.07. The summed E-state index contributed by atoms with van der Waals surface area (Å²) in [6, 6.07) is 1.59. The molecule has 1 heterocycles. The Hall–Kier alpha value is 0.394. The van der Waals surface area contributed by atoms with Crippen molar-refractivity contribution in [2.24, 2.45) is 0 Å². The fourth-order valence-electron chi connectivity index (χ4n) is 1.04. The fraction of sp³-hybridized carbons (Fsp3) is 1.00. The molecule has 0 unspecified atom stereocenters. The first-order valence-electron chi connectivity index (χ1n) is 3.58. The average molecular weight is 146 g/mol. The molecule has 3 heteroatoms. The van der Waals surface area contributed by atoms with E-state index < -0.39 is 0 Å². The van der Waals surface area contributed by atoms with Gasteiger partial charge < -0.3 is 4.43 Å². The molecule has 0 radical (unpaired) electrons. The van der Waals surface area contributed by atoms with E-state index in [1.807, 2.05) is 0 Å². The summed E-state index contributed by atoms with van der Waals surface area (Å²) in [7, 11) is 0.402. The monoisotopic (exact) mass is 146 g/mol. The van der Waals surface area contributed by atoms with Crippen molar-refractivity contribution in [3.63, 3.8) is 0 Å². The van der Waals surface area contributed by atoms with Gasteiger partial charge in [0, 0.05) is 16.1 Å². The van der Waals surface area contributed by atoms with Gasteiger partial charge in [-0.2, -0.15) is 0 Å². The summed E-state index contributed by atoms with van der Waals surface area (Å²) in [4.78, 5) is 0. The molecular weight excluding hydrogens is 132 g/mol. The van der Waals surface area contributed by atoms with Crippen molar-refractivity contribution in [1.82, 2.24) is 0 Å². The highest BCUT2D eigenvalue weighted by Gasteiger charge is 1.96. The molecule has 0 N–H and O–H groups in total. The molecule has 0 aromatic heterocycles. The summed E-state index contributed by atoms with van der Waals surface area (Å²) < 4.78 is 5.45. The zero-order valence-electron chi connectivity index (χ0n) is 5.36. The van der Waals surface area contributed by atoms with Crippen LogP contribution < -0.4 is 0 Å². The van der Waals surface area contributed by atoms with Crippen LogP contribution in [-0.4, -0.2) is 25.9 Å². The predicted molar refractivity (Wildman–Crippen MR) is 41.9 cm³/mol. The molecular formula is C5H14OSi2. The zero-order chi connectivity index (χ0) is 5.66. The molecule has 0 aromatic carbocycles. The maximum Gasteiger partial charge on any atom is 0.158 e. The number of hydrogen-bond acceptors (Lipinski definition) is 1. The van der Waals surface area contributed by atoms with Crippen molar-refractivity contribution >= 4 is 19.3 Å². The Morgan fingerprint density at radius 1 is 1.25 bits per heavy atom. The normalized spacial score (nSPS) is 30.0. The first-order chi connectivity index (χ1) is 4.00. The van der Waals surface area contributed by atoms with Gasteiger partial charge in [-0.3, -0.25) is 0 Å². The van der Waals surface area contributed by atoms with Gasteiger partial charge in [0.2, 0.25) is 0 Å². The fourth-order valence-corrected chi connectivity index (χ4v) is 5.20. The summed E-state index contributed by atoms with van der Waals surface area (Å²) in [6.45, 7) is 1.08. The lowest BCUT2D eigenvalue weighted by molar-refractivity contribution is 0.326. The molecule has 0 bridgehead atoms. The van der Waals surface area contributed by atoms with Crippen LogP contribution in [0.15, 0.2) is 0 Å². The SMILES string of the molecule is C1CC[SiH2]C[SiH2]OC1. The van der Waals surface area contributed by atoms with E-state index in [0.29, 0.717) is 9.52 Å². The first kappa shape index (κ1) is 6.51. The summed E-state index contributed by atoms with van der Waals surface area (Å²) in [6.07, 6.45) is 2.81. The van der Waals surface area contributed by atoms with Gasteiger partial charge in [-0.05, 0) is 12.1 Å². The molecule has 1 nitrogen and oxygen atoms in total. The molecule has 0 aromatic rings. The summed E-state index contributed by atoms with van der Waals surface area (Å²) >= 11 is 0. The van der Waals surface area contributed by atoms with E-state index >= 15 is 0 Å². The van der Waals surface area contributed by atoms with Crippen LogP contribution in [0.1, 0.15) is 12.8 Å². The minimum Gasteiger partial charge on any atom is -0.424 e. The second-order valence-corrected chi connectivity index (χ2v) is 7.44. The lowest BCUT2D eigenvalue weighted by Gasteiger charge is -2.06. The maximum atomic E-state index is 5.45. The molecule has 0 saturated carbocycles. The van der Waals surface area contributed by atoms with Gasteiger partial charge in [-0.15, -0.1) is 0 Å². The standard InChI is InChI=1S/C5H14OSi2/c1-2-4-7-5-8-6-3-1/h1-5,7-8H2. The van der Waals surface area contributed by atoms with Crippen LogP contribution in [-0.2, 0) is 4.43 Å². The topological polar surface area (TPSA) is 9.23 Å². The van der Waals surface area contributed by atoms with Crippen molar-refractivity contribution in [2.75, 3.05) is 6.61 Å². The van der Waals surface area contributed by atoms with E-state index in [9.17, 15) is 0 Å². The minimum absolute atomic E-state index is 0.0133. The average Bonchev–Trinajstić information content (AvgIpc) is 1.62. The smallest absolute Gasteiger partial charge is 0.158 e. The third-order valence-electron chi connectivity index (χ3n) is 1.58. The van der Waals surface area contributed by atoms with Crippen molar-refractivity contribution in [3.05, 3.63) is 0 Å². The Morgan fingerprint density at radius 3 is 3.25 bits per heavy atom. The van der Waals surface area contributed by atoms with Crippen molar-refractivity contribution in [3.8, 4) is 0 Å². The summed E-state index contributed by atoms with van der Waals surface area (Å²) in [5.41, 5.74) is 1.56. The van der Waals surface area contributed by atoms with E-state index in [4.69, 9.17) is 4.43 Å². The molecule has 0 spiro atoms. The van der Waals surface area contributed by atoms with Gasteiger partial charge in [0.05, 0.1) is 0 Å². The number of hydrogen-bond donors (Lipinski definition) is 0. The summed E-state index contributed by atoms with van der Waals surface area (Å²) in [5, 5.41) is 0. The molecule has 1 saturated heterocycles. The van der Waals surface area contributed by atoms with Gasteiger partial charge in [-0.1, -0.05) is 12.5 Å². The molecule has 48 valence electrons. The van der Waals surface area contributed by atoms with E-state index in [1.54, 1.807) is 11.7 Å². The molecule has 8 heavy (non-hydrogen) atoms. The van der Waals surface area contributed by atoms with E-state index in [2.05, 4.69) is 0 Å². The number of rotatable bonds is 0. The van der Waals surface area contributed by atoms with Gasteiger partial charge in [0.25, 0.3) is 0 Å². The van der Waals surface area contributed by atoms with Crippen molar-refractivity contribution in [2.45, 2.75) is 24.6 Å². The Labute approximate surface area is 55.6 Å². The van der Waals surface area contributed by atoms with E-state index in [0.717, 1.165) is 6.61 Å². The zero-order valence-corrected chi connectivity index (χ0v) is 8.19. The Bertz CT molecular complexity index is 34.4. The van der Waals surface area contributed by atoms with Crippen LogP contribution in [0.5, 0.6) is 0 Å². The van der Waals surface area contributed by atoms with Crippen molar-refractivity contribution < 1.29 is 4.43 Å². The molecule has 0 atom stereocenters. The van der Waals surface area contributed by atoms with E-state index in [-0.39, 0.29) is 9.76 Å². The van der Waals surface area contributed by atoms with Crippen LogP contribution in [0.4, 0.5) is 0 Å². The van der Waals surface area contributed by atoms with Crippen LogP contribution >= 0.6 is 0 Å². The highest BCUT2D eigenvalue weighted by Crippen LogP contribution is 2.00. The molecule has 1 aliphatic heterocycles. The quantitative estimate of drug-likeness (QED) is 0.432. The maximum absolute atomic E-state index is 5.45. The first-order valence-corrected chi connectivity index (χ1v) is 7.15. The van der Waals surface area contributed by atoms with Gasteiger partial charge in [-0.25, -0.2) is 0 Å². The van der Waals surface area contributed by atoms with Crippen LogP contribution in [0, 0.1) is 0 Å². The van der Waals surface area contributed by atoms with E-state index in [1.165, 1.54) is 12.8 Å². The second-order valence-electron chi connectivity index (χ2n) is 2.38. The molecule has 1 aliphatic rings. The van der Waals surface area contributed by atoms with Gasteiger partial charge >= 0.3 is 0 Å². The third kappa shape index (κ3) is 2.64. The minimum atomic E-state index is 0.0133. The van der Waals surface area contributed by atoms with Crippen LogP contribution in [0.25, 0.3) is 0 Å².